The van der Waals surface area contributed by atoms with Gasteiger partial charge in [0.2, 0.25) is 5.91 Å². The number of benzene rings is 2. The van der Waals surface area contributed by atoms with E-state index < -0.39 is 0 Å². The molecule has 6 nitrogen and oxygen atoms in total. The molecule has 3 rings (SSSR count). The second kappa shape index (κ2) is 9.26. The lowest BCUT2D eigenvalue weighted by molar-refractivity contribution is -0.138. The minimum absolute atomic E-state index is 0.115. The van der Waals surface area contributed by atoms with Crippen LogP contribution in [0, 0.1) is 5.92 Å². The van der Waals surface area contributed by atoms with Gasteiger partial charge in [0, 0.05) is 31.2 Å². The summed E-state index contributed by atoms with van der Waals surface area (Å²) in [5.41, 5.74) is 2.77. The molecule has 0 aromatic heterocycles. The summed E-state index contributed by atoms with van der Waals surface area (Å²) < 4.78 is 5.12. The standard InChI is InChI=1S/C22H27N3O3/c1-16-4-3-13-25(21(16)26)15-18-5-9-19(10-6-18)24-22(27)23-14-17-7-11-20(28-2)12-8-17/h5-12,16H,3-4,13-15H2,1-2H3,(H2,23,24,27)/t16-/m0/s1. The molecule has 1 heterocycles. The van der Waals surface area contributed by atoms with Gasteiger partial charge in [0.25, 0.3) is 0 Å². The summed E-state index contributed by atoms with van der Waals surface area (Å²) in [6.45, 7) is 3.86. The van der Waals surface area contributed by atoms with Crippen molar-refractivity contribution in [3.8, 4) is 5.75 Å². The van der Waals surface area contributed by atoms with Gasteiger partial charge in [-0.3, -0.25) is 4.79 Å². The van der Waals surface area contributed by atoms with E-state index in [0.717, 1.165) is 36.3 Å². The lowest BCUT2D eigenvalue weighted by Gasteiger charge is -2.30. The number of carbonyl (C=O) groups excluding carboxylic acids is 2. The molecule has 1 fully saturated rings. The summed E-state index contributed by atoms with van der Waals surface area (Å²) in [7, 11) is 1.62. The molecule has 6 heteroatoms. The first-order valence-electron chi connectivity index (χ1n) is 9.60. The summed E-state index contributed by atoms with van der Waals surface area (Å²) in [6, 6.07) is 14.9. The minimum Gasteiger partial charge on any atom is -0.497 e. The number of likely N-dealkylation sites (tertiary alicyclic amines) is 1. The van der Waals surface area contributed by atoms with E-state index in [-0.39, 0.29) is 17.9 Å². The fraction of sp³-hybridized carbons (Fsp3) is 0.364. The molecule has 1 saturated heterocycles. The van der Waals surface area contributed by atoms with Crippen LogP contribution in [0.2, 0.25) is 0 Å². The Kier molecular flexibility index (Phi) is 6.53. The fourth-order valence-electron chi connectivity index (χ4n) is 3.31. The predicted molar refractivity (Wildman–Crippen MR) is 109 cm³/mol. The van der Waals surface area contributed by atoms with Crippen molar-refractivity contribution in [2.45, 2.75) is 32.9 Å². The topological polar surface area (TPSA) is 70.7 Å². The van der Waals surface area contributed by atoms with Crippen LogP contribution >= 0.6 is 0 Å². The maximum absolute atomic E-state index is 12.2. The molecule has 2 aromatic rings. The van der Waals surface area contributed by atoms with E-state index in [2.05, 4.69) is 10.6 Å². The zero-order valence-corrected chi connectivity index (χ0v) is 16.4. The summed E-state index contributed by atoms with van der Waals surface area (Å²) in [4.78, 5) is 26.2. The summed E-state index contributed by atoms with van der Waals surface area (Å²) in [6.07, 6.45) is 2.03. The van der Waals surface area contributed by atoms with Crippen LogP contribution in [-0.4, -0.2) is 30.5 Å². The highest BCUT2D eigenvalue weighted by atomic mass is 16.5. The van der Waals surface area contributed by atoms with Gasteiger partial charge in [-0.1, -0.05) is 31.2 Å². The number of methoxy groups -OCH3 is 1. The molecule has 2 aromatic carbocycles. The Labute approximate surface area is 165 Å². The molecule has 1 aliphatic heterocycles. The molecule has 0 spiro atoms. The zero-order chi connectivity index (χ0) is 19.9. The van der Waals surface area contributed by atoms with Crippen molar-refractivity contribution < 1.29 is 14.3 Å². The molecule has 0 saturated carbocycles. The fourth-order valence-corrected chi connectivity index (χ4v) is 3.31. The van der Waals surface area contributed by atoms with Gasteiger partial charge in [-0.25, -0.2) is 4.79 Å². The highest BCUT2D eigenvalue weighted by Gasteiger charge is 2.24. The zero-order valence-electron chi connectivity index (χ0n) is 16.4. The lowest BCUT2D eigenvalue weighted by atomic mass is 9.98. The third kappa shape index (κ3) is 5.25. The first-order valence-corrected chi connectivity index (χ1v) is 9.60. The maximum atomic E-state index is 12.2. The van der Waals surface area contributed by atoms with Crippen molar-refractivity contribution in [1.82, 2.24) is 10.2 Å². The van der Waals surface area contributed by atoms with Gasteiger partial charge in [0.1, 0.15) is 5.75 Å². The number of carbonyl (C=O) groups is 2. The Bertz CT molecular complexity index is 803. The number of rotatable bonds is 6. The maximum Gasteiger partial charge on any atom is 0.319 e. The van der Waals surface area contributed by atoms with E-state index in [1.807, 2.05) is 60.4 Å². The number of piperidine rings is 1. The Morgan fingerprint density at radius 3 is 2.46 bits per heavy atom. The number of amides is 3. The Hall–Kier alpha value is -3.02. The van der Waals surface area contributed by atoms with Crippen molar-refractivity contribution >= 4 is 17.6 Å². The van der Waals surface area contributed by atoms with Crippen molar-refractivity contribution in [3.05, 3.63) is 59.7 Å². The molecule has 0 aliphatic carbocycles. The van der Waals surface area contributed by atoms with Crippen molar-refractivity contribution in [3.63, 3.8) is 0 Å². The van der Waals surface area contributed by atoms with E-state index in [0.29, 0.717) is 18.8 Å². The van der Waals surface area contributed by atoms with Gasteiger partial charge in [0.15, 0.2) is 0 Å². The number of nitrogens with one attached hydrogen (secondary N) is 2. The molecule has 0 unspecified atom stereocenters. The number of hydrogen-bond donors (Lipinski definition) is 2. The number of hydrogen-bond acceptors (Lipinski definition) is 3. The van der Waals surface area contributed by atoms with E-state index >= 15 is 0 Å². The molecule has 2 N–H and O–H groups in total. The monoisotopic (exact) mass is 381 g/mol. The molecule has 0 bridgehead atoms. The number of nitrogens with zero attached hydrogens (tertiary/aromatic N) is 1. The van der Waals surface area contributed by atoms with Gasteiger partial charge in [0.05, 0.1) is 7.11 Å². The second-order valence-electron chi connectivity index (χ2n) is 7.16. The summed E-state index contributed by atoms with van der Waals surface area (Å²) in [5, 5.41) is 5.66. The van der Waals surface area contributed by atoms with E-state index in [4.69, 9.17) is 4.74 Å². The quantitative estimate of drug-likeness (QED) is 0.800. The summed E-state index contributed by atoms with van der Waals surface area (Å²) >= 11 is 0. The predicted octanol–water partition coefficient (Wildman–Crippen LogP) is 3.78. The lowest BCUT2D eigenvalue weighted by Crippen LogP contribution is -2.39. The van der Waals surface area contributed by atoms with Crippen LogP contribution in [0.5, 0.6) is 5.75 Å². The van der Waals surface area contributed by atoms with E-state index in [1.54, 1.807) is 7.11 Å². The van der Waals surface area contributed by atoms with Crippen LogP contribution in [-0.2, 0) is 17.9 Å². The second-order valence-corrected chi connectivity index (χ2v) is 7.16. The van der Waals surface area contributed by atoms with Crippen LogP contribution in [0.15, 0.2) is 48.5 Å². The Morgan fingerprint density at radius 2 is 1.79 bits per heavy atom. The van der Waals surface area contributed by atoms with Gasteiger partial charge in [-0.15, -0.1) is 0 Å². The van der Waals surface area contributed by atoms with Crippen LogP contribution in [0.1, 0.15) is 30.9 Å². The number of urea groups is 1. The third-order valence-corrected chi connectivity index (χ3v) is 5.00. The molecular formula is C22H27N3O3. The van der Waals surface area contributed by atoms with E-state index in [1.165, 1.54) is 0 Å². The molecule has 3 amide bonds. The average Bonchev–Trinajstić information content (AvgIpc) is 2.72. The molecule has 0 radical (unpaired) electrons. The molecule has 28 heavy (non-hydrogen) atoms. The molecule has 1 aliphatic rings. The van der Waals surface area contributed by atoms with Gasteiger partial charge in [-0.05, 0) is 48.2 Å². The first kappa shape index (κ1) is 19.7. The third-order valence-electron chi connectivity index (χ3n) is 5.00. The van der Waals surface area contributed by atoms with Crippen LogP contribution in [0.4, 0.5) is 10.5 Å². The Morgan fingerprint density at radius 1 is 1.11 bits per heavy atom. The smallest absolute Gasteiger partial charge is 0.319 e. The van der Waals surface area contributed by atoms with E-state index in [9.17, 15) is 9.59 Å². The molecule has 148 valence electrons. The number of anilines is 1. The largest absolute Gasteiger partial charge is 0.497 e. The Balaban J connectivity index is 1.47. The summed E-state index contributed by atoms with van der Waals surface area (Å²) in [5.74, 6) is 1.13. The number of ether oxygens (including phenoxy) is 1. The van der Waals surface area contributed by atoms with Crippen molar-refractivity contribution in [2.75, 3.05) is 19.0 Å². The van der Waals surface area contributed by atoms with Crippen molar-refractivity contribution in [1.29, 1.82) is 0 Å². The minimum atomic E-state index is -0.261. The average molecular weight is 381 g/mol. The van der Waals surface area contributed by atoms with Crippen molar-refractivity contribution in [2.24, 2.45) is 5.92 Å². The highest BCUT2D eigenvalue weighted by Crippen LogP contribution is 2.20. The van der Waals surface area contributed by atoms with Crippen LogP contribution < -0.4 is 15.4 Å². The van der Waals surface area contributed by atoms with Crippen LogP contribution in [0.25, 0.3) is 0 Å². The molecular weight excluding hydrogens is 354 g/mol. The highest BCUT2D eigenvalue weighted by molar-refractivity contribution is 5.89. The van der Waals surface area contributed by atoms with Crippen LogP contribution in [0.3, 0.4) is 0 Å². The normalized spacial score (nSPS) is 16.6. The molecule has 1 atom stereocenters. The van der Waals surface area contributed by atoms with Gasteiger partial charge >= 0.3 is 6.03 Å². The van der Waals surface area contributed by atoms with Gasteiger partial charge < -0.3 is 20.3 Å². The first-order chi connectivity index (χ1) is 13.5. The van der Waals surface area contributed by atoms with Gasteiger partial charge in [-0.2, -0.15) is 0 Å². The SMILES string of the molecule is COc1ccc(CNC(=O)Nc2ccc(CN3CCC[C@H](C)C3=O)cc2)cc1.